The molecule has 1 aromatic carbocycles. The van der Waals surface area contributed by atoms with Crippen molar-refractivity contribution in [2.75, 3.05) is 6.54 Å². The van der Waals surface area contributed by atoms with Crippen LogP contribution in [-0.4, -0.2) is 28.8 Å². The second-order valence-electron chi connectivity index (χ2n) is 3.79. The van der Waals surface area contributed by atoms with E-state index in [2.05, 4.69) is 5.32 Å². The molecule has 0 aliphatic carbocycles. The summed E-state index contributed by atoms with van der Waals surface area (Å²) < 4.78 is 0. The van der Waals surface area contributed by atoms with Crippen molar-refractivity contribution in [3.8, 4) is 5.75 Å². The number of aliphatic hydroxyl groups excluding tert-OH is 1. The molecule has 0 saturated carbocycles. The number of aliphatic hydroxyl groups is 1. The van der Waals surface area contributed by atoms with Gasteiger partial charge in [-0.15, -0.1) is 0 Å². The predicted octanol–water partition coefficient (Wildman–Crippen LogP) is 1.20. The average Bonchev–Trinajstić information content (AvgIpc) is 2.25. The highest BCUT2D eigenvalue weighted by Crippen LogP contribution is 2.17. The van der Waals surface area contributed by atoms with Crippen LogP contribution in [0.4, 0.5) is 0 Å². The highest BCUT2D eigenvalue weighted by atomic mass is 16.3. The molecule has 0 radical (unpaired) electrons. The third-order valence-corrected chi connectivity index (χ3v) is 2.37. The zero-order valence-electron chi connectivity index (χ0n) is 9.53. The van der Waals surface area contributed by atoms with E-state index in [1.54, 1.807) is 12.1 Å². The minimum absolute atomic E-state index is 0.0384. The summed E-state index contributed by atoms with van der Waals surface area (Å²) in [7, 11) is 0. The van der Waals surface area contributed by atoms with E-state index in [1.165, 1.54) is 6.07 Å². The molecule has 0 heterocycles. The summed E-state index contributed by atoms with van der Waals surface area (Å²) in [6.07, 6.45) is 0.0386. The number of phenolic OH excluding ortho intramolecular Hbond substituents is 1. The lowest BCUT2D eigenvalue weighted by Crippen LogP contribution is -2.31. The first-order chi connectivity index (χ1) is 7.54. The number of nitrogens with one attached hydrogen (secondary N) is 1. The van der Waals surface area contributed by atoms with Crippen LogP contribution < -0.4 is 5.32 Å². The number of hydrogen-bond acceptors (Lipinski definition) is 3. The van der Waals surface area contributed by atoms with E-state index in [9.17, 15) is 15.0 Å². The predicted molar refractivity (Wildman–Crippen MR) is 61.5 cm³/mol. The number of rotatable bonds is 4. The van der Waals surface area contributed by atoms with Gasteiger partial charge in [0.05, 0.1) is 11.7 Å². The number of hydrogen-bond donors (Lipinski definition) is 3. The van der Waals surface area contributed by atoms with Crippen LogP contribution in [-0.2, 0) is 0 Å². The number of aromatic hydroxyl groups is 1. The van der Waals surface area contributed by atoms with Crippen LogP contribution >= 0.6 is 0 Å². The van der Waals surface area contributed by atoms with Gasteiger partial charge in [-0.2, -0.15) is 0 Å². The molecule has 1 amide bonds. The molecule has 1 rings (SSSR count). The Morgan fingerprint density at radius 2 is 2.19 bits per heavy atom. The molecule has 88 valence electrons. The first kappa shape index (κ1) is 12.5. The van der Waals surface area contributed by atoms with Gasteiger partial charge in [-0.25, -0.2) is 0 Å². The molecular formula is C12H17NO3. The molecule has 3 N–H and O–H groups in total. The molecule has 0 aliphatic rings. The molecule has 1 aromatic rings. The fourth-order valence-electron chi connectivity index (χ4n) is 1.28. The lowest BCUT2D eigenvalue weighted by Gasteiger charge is -2.10. The summed E-state index contributed by atoms with van der Waals surface area (Å²) in [5, 5.41) is 21.4. The molecule has 0 saturated heterocycles. The molecule has 0 fully saturated rings. The van der Waals surface area contributed by atoms with E-state index < -0.39 is 6.10 Å². The number of phenols is 1. The maximum Gasteiger partial charge on any atom is 0.255 e. The molecule has 16 heavy (non-hydrogen) atoms. The lowest BCUT2D eigenvalue weighted by molar-refractivity contribution is 0.0911. The van der Waals surface area contributed by atoms with Crippen molar-refractivity contribution in [2.45, 2.75) is 26.4 Å². The zero-order valence-corrected chi connectivity index (χ0v) is 9.53. The van der Waals surface area contributed by atoms with Crippen molar-refractivity contribution < 1.29 is 15.0 Å². The fourth-order valence-corrected chi connectivity index (χ4v) is 1.28. The van der Waals surface area contributed by atoms with Gasteiger partial charge >= 0.3 is 0 Å². The van der Waals surface area contributed by atoms with Crippen molar-refractivity contribution in [1.29, 1.82) is 0 Å². The van der Waals surface area contributed by atoms with Crippen molar-refractivity contribution in [2.24, 2.45) is 0 Å². The maximum atomic E-state index is 11.6. The lowest BCUT2D eigenvalue weighted by atomic mass is 10.1. The highest BCUT2D eigenvalue weighted by molar-refractivity contribution is 5.96. The number of amides is 1. The fraction of sp³-hybridized carbons (Fsp3) is 0.417. The standard InChI is InChI=1S/C12H17NO3/c1-3-9(14)7-13-12(16)10-5-4-8(2)6-11(10)15/h4-6,9,14-15H,3,7H2,1-2H3,(H,13,16). The van der Waals surface area contributed by atoms with Gasteiger partial charge in [0.2, 0.25) is 0 Å². The summed E-state index contributed by atoms with van der Waals surface area (Å²) >= 11 is 0. The quantitative estimate of drug-likeness (QED) is 0.718. The van der Waals surface area contributed by atoms with Crippen LogP contribution in [0.5, 0.6) is 5.75 Å². The Morgan fingerprint density at radius 1 is 1.50 bits per heavy atom. The van der Waals surface area contributed by atoms with Gasteiger partial charge < -0.3 is 15.5 Å². The zero-order chi connectivity index (χ0) is 12.1. The minimum Gasteiger partial charge on any atom is -0.507 e. The molecule has 0 aliphatic heterocycles. The molecule has 1 atom stereocenters. The van der Waals surface area contributed by atoms with Gasteiger partial charge in [-0.3, -0.25) is 4.79 Å². The van der Waals surface area contributed by atoms with Crippen LogP contribution in [0, 0.1) is 6.92 Å². The molecular weight excluding hydrogens is 206 g/mol. The number of carbonyl (C=O) groups is 1. The van der Waals surface area contributed by atoms with E-state index in [0.717, 1.165) is 5.56 Å². The maximum absolute atomic E-state index is 11.6. The Labute approximate surface area is 94.9 Å². The topological polar surface area (TPSA) is 69.6 Å². The smallest absolute Gasteiger partial charge is 0.255 e. The van der Waals surface area contributed by atoms with Crippen molar-refractivity contribution >= 4 is 5.91 Å². The monoisotopic (exact) mass is 223 g/mol. The van der Waals surface area contributed by atoms with Crippen molar-refractivity contribution in [3.63, 3.8) is 0 Å². The van der Waals surface area contributed by atoms with Crippen LogP contribution in [0.3, 0.4) is 0 Å². The van der Waals surface area contributed by atoms with E-state index in [1.807, 2.05) is 13.8 Å². The SMILES string of the molecule is CCC(O)CNC(=O)c1ccc(C)cc1O. The van der Waals surface area contributed by atoms with Crippen molar-refractivity contribution in [1.82, 2.24) is 5.32 Å². The van der Waals surface area contributed by atoms with Gasteiger partial charge in [0, 0.05) is 6.54 Å². The minimum atomic E-state index is -0.545. The summed E-state index contributed by atoms with van der Waals surface area (Å²) in [6.45, 7) is 3.87. The second kappa shape index (κ2) is 5.51. The summed E-state index contributed by atoms with van der Waals surface area (Å²) in [5.74, 6) is -0.409. The molecule has 4 nitrogen and oxygen atoms in total. The normalized spacial score (nSPS) is 12.2. The van der Waals surface area contributed by atoms with Gasteiger partial charge in [0.15, 0.2) is 0 Å². The molecule has 1 unspecified atom stereocenters. The molecule has 0 aromatic heterocycles. The Bertz CT molecular complexity index is 377. The van der Waals surface area contributed by atoms with Gasteiger partial charge in [0.1, 0.15) is 5.75 Å². The Morgan fingerprint density at radius 3 is 2.75 bits per heavy atom. The number of benzene rings is 1. The molecule has 4 heteroatoms. The van der Waals surface area contributed by atoms with Crippen LogP contribution in [0.25, 0.3) is 0 Å². The molecule has 0 spiro atoms. The summed E-state index contributed by atoms with van der Waals surface area (Å²) in [5.41, 5.74) is 1.12. The third kappa shape index (κ3) is 3.24. The largest absolute Gasteiger partial charge is 0.507 e. The summed E-state index contributed by atoms with van der Waals surface area (Å²) in [4.78, 5) is 11.6. The Hall–Kier alpha value is -1.55. The van der Waals surface area contributed by atoms with E-state index >= 15 is 0 Å². The van der Waals surface area contributed by atoms with E-state index in [-0.39, 0.29) is 23.8 Å². The first-order valence-electron chi connectivity index (χ1n) is 5.30. The van der Waals surface area contributed by atoms with Crippen molar-refractivity contribution in [3.05, 3.63) is 29.3 Å². The first-order valence-corrected chi connectivity index (χ1v) is 5.30. The third-order valence-electron chi connectivity index (χ3n) is 2.37. The van der Waals surface area contributed by atoms with Gasteiger partial charge in [0.25, 0.3) is 5.91 Å². The average molecular weight is 223 g/mol. The number of carbonyl (C=O) groups excluding carboxylic acids is 1. The summed E-state index contributed by atoms with van der Waals surface area (Å²) in [6, 6.07) is 4.86. The van der Waals surface area contributed by atoms with Crippen LogP contribution in [0.15, 0.2) is 18.2 Å². The van der Waals surface area contributed by atoms with Crippen LogP contribution in [0.1, 0.15) is 29.3 Å². The van der Waals surface area contributed by atoms with E-state index in [0.29, 0.717) is 6.42 Å². The van der Waals surface area contributed by atoms with Gasteiger partial charge in [-0.1, -0.05) is 13.0 Å². The Balaban J connectivity index is 2.66. The highest BCUT2D eigenvalue weighted by Gasteiger charge is 2.11. The van der Waals surface area contributed by atoms with Gasteiger partial charge in [-0.05, 0) is 31.0 Å². The Kier molecular flexibility index (Phi) is 4.31. The van der Waals surface area contributed by atoms with Crippen LogP contribution in [0.2, 0.25) is 0 Å². The number of aryl methyl sites for hydroxylation is 1. The second-order valence-corrected chi connectivity index (χ2v) is 3.79. The van der Waals surface area contributed by atoms with E-state index in [4.69, 9.17) is 0 Å². The molecule has 0 bridgehead atoms.